The first-order valence-electron chi connectivity index (χ1n) is 5.30. The van der Waals surface area contributed by atoms with E-state index in [0.29, 0.717) is 0 Å². The van der Waals surface area contributed by atoms with Crippen LogP contribution in [0, 0.1) is 18.3 Å². The molecule has 92 valence electrons. The van der Waals surface area contributed by atoms with Crippen molar-refractivity contribution in [1.82, 2.24) is 0 Å². The molecule has 1 aromatic rings. The molecule has 0 spiro atoms. The molecule has 0 atom stereocenters. The molecule has 18 heavy (non-hydrogen) atoms. The van der Waals surface area contributed by atoms with Gasteiger partial charge in [0, 0.05) is 0 Å². The number of nitrogens with zero attached hydrogens (tertiary/aromatic N) is 1. The predicted octanol–water partition coefficient (Wildman–Crippen LogP) is 2.04. The van der Waals surface area contributed by atoms with Gasteiger partial charge in [-0.05, 0) is 24.1 Å². The molecule has 0 saturated heterocycles. The molecule has 4 nitrogen and oxygen atoms in total. The van der Waals surface area contributed by atoms with Crippen LogP contribution in [0.3, 0.4) is 0 Å². The molecule has 0 heterocycles. The number of carbonyl (C=O) groups is 1. The molecule has 0 radical (unpaired) electrons. The molecule has 2 N–H and O–H groups in total. The van der Waals surface area contributed by atoms with Gasteiger partial charge in [0.25, 0.3) is 0 Å². The average Bonchev–Trinajstić information content (AvgIpc) is 2.34. The van der Waals surface area contributed by atoms with Crippen molar-refractivity contribution in [3.63, 3.8) is 0 Å². The minimum absolute atomic E-state index is 0.0896. The summed E-state index contributed by atoms with van der Waals surface area (Å²) in [6.07, 6.45) is 4.38. The first-order chi connectivity index (χ1) is 8.58. The van der Waals surface area contributed by atoms with E-state index in [4.69, 9.17) is 15.5 Å². The lowest BCUT2D eigenvalue weighted by Crippen LogP contribution is -1.96. The lowest BCUT2D eigenvalue weighted by molar-refractivity contribution is -0.132. The number of hydrogen-bond acceptors (Lipinski definition) is 3. The third-order valence-corrected chi connectivity index (χ3v) is 2.36. The van der Waals surface area contributed by atoms with E-state index in [1.165, 1.54) is 12.2 Å². The van der Waals surface area contributed by atoms with Gasteiger partial charge in [-0.1, -0.05) is 35.9 Å². The van der Waals surface area contributed by atoms with E-state index >= 15 is 0 Å². The minimum Gasteiger partial charge on any atom is -0.477 e. The van der Waals surface area contributed by atoms with Gasteiger partial charge in [0.05, 0.1) is 6.61 Å². The summed E-state index contributed by atoms with van der Waals surface area (Å²) in [5, 5.41) is 26.4. The highest BCUT2D eigenvalue weighted by molar-refractivity contribution is 5.91. The summed E-state index contributed by atoms with van der Waals surface area (Å²) < 4.78 is 0. The van der Waals surface area contributed by atoms with Crippen molar-refractivity contribution in [2.75, 3.05) is 0 Å². The molecule has 4 heteroatoms. The monoisotopic (exact) mass is 243 g/mol. The molecule has 0 fully saturated rings. The molecule has 0 aliphatic heterocycles. The minimum atomic E-state index is -1.26. The summed E-state index contributed by atoms with van der Waals surface area (Å²) in [5.41, 5.74) is 2.26. The van der Waals surface area contributed by atoms with E-state index in [2.05, 4.69) is 0 Å². The summed E-state index contributed by atoms with van der Waals surface area (Å²) in [4.78, 5) is 10.6. The number of aliphatic hydroxyl groups excluding tert-OH is 1. The second-order valence-corrected chi connectivity index (χ2v) is 3.72. The quantitative estimate of drug-likeness (QED) is 0.481. The zero-order valence-corrected chi connectivity index (χ0v) is 9.92. The van der Waals surface area contributed by atoms with Gasteiger partial charge in [-0.3, -0.25) is 0 Å². The van der Waals surface area contributed by atoms with E-state index in [1.54, 1.807) is 18.2 Å². The van der Waals surface area contributed by atoms with Crippen molar-refractivity contribution < 1.29 is 15.0 Å². The Morgan fingerprint density at radius 3 is 2.78 bits per heavy atom. The summed E-state index contributed by atoms with van der Waals surface area (Å²) in [6.45, 7) is 1.83. The number of aliphatic hydroxyl groups is 1. The molecule has 0 unspecified atom stereocenters. The van der Waals surface area contributed by atoms with Crippen LogP contribution >= 0.6 is 0 Å². The molecular formula is C14H13NO3. The van der Waals surface area contributed by atoms with Crippen LogP contribution in [0.2, 0.25) is 0 Å². The van der Waals surface area contributed by atoms with E-state index < -0.39 is 5.97 Å². The predicted molar refractivity (Wildman–Crippen MR) is 67.5 cm³/mol. The van der Waals surface area contributed by atoms with Gasteiger partial charge < -0.3 is 10.2 Å². The first kappa shape index (κ1) is 13.7. The molecule has 0 bridgehead atoms. The van der Waals surface area contributed by atoms with Crippen LogP contribution in [0.4, 0.5) is 0 Å². The van der Waals surface area contributed by atoms with Gasteiger partial charge in [0.2, 0.25) is 0 Å². The molecule has 0 amide bonds. The number of carboxylic acids is 1. The van der Waals surface area contributed by atoms with Crippen LogP contribution < -0.4 is 0 Å². The van der Waals surface area contributed by atoms with Crippen LogP contribution in [0.15, 0.2) is 35.9 Å². The summed E-state index contributed by atoms with van der Waals surface area (Å²) >= 11 is 0. The van der Waals surface area contributed by atoms with Crippen molar-refractivity contribution in [1.29, 1.82) is 5.26 Å². The number of benzene rings is 1. The van der Waals surface area contributed by atoms with E-state index in [9.17, 15) is 4.79 Å². The second kappa shape index (κ2) is 6.38. The van der Waals surface area contributed by atoms with Crippen LogP contribution in [-0.4, -0.2) is 16.2 Å². The maximum absolute atomic E-state index is 10.6. The number of carboxylic acid groups (broad SMARTS) is 1. The number of allylic oxidation sites excluding steroid dienone is 2. The van der Waals surface area contributed by atoms with Gasteiger partial charge >= 0.3 is 5.97 Å². The van der Waals surface area contributed by atoms with Gasteiger partial charge in [-0.25, -0.2) is 4.79 Å². The SMILES string of the molecule is Cc1ccc(CO)c(/C=C/C=C(\C#N)C(=O)O)c1. The van der Waals surface area contributed by atoms with Gasteiger partial charge in [-0.15, -0.1) is 0 Å². The number of nitriles is 1. The largest absolute Gasteiger partial charge is 0.477 e. The lowest BCUT2D eigenvalue weighted by Gasteiger charge is -2.03. The molecular weight excluding hydrogens is 230 g/mol. The fourth-order valence-electron chi connectivity index (χ4n) is 1.42. The Balaban J connectivity index is 3.01. The Morgan fingerprint density at radius 1 is 1.50 bits per heavy atom. The Bertz CT molecular complexity index is 551. The number of aryl methyl sites for hydroxylation is 1. The maximum Gasteiger partial charge on any atom is 0.346 e. The number of aliphatic carboxylic acids is 1. The molecule has 0 aliphatic rings. The van der Waals surface area contributed by atoms with E-state index in [1.807, 2.05) is 19.1 Å². The Kier molecular flexibility index (Phi) is 4.85. The summed E-state index contributed by atoms with van der Waals surface area (Å²) in [5.74, 6) is -1.26. The molecule has 1 rings (SSSR count). The average molecular weight is 243 g/mol. The normalized spacial score (nSPS) is 11.5. The topological polar surface area (TPSA) is 81.3 Å². The second-order valence-electron chi connectivity index (χ2n) is 3.72. The summed E-state index contributed by atoms with van der Waals surface area (Å²) in [6, 6.07) is 7.16. The third-order valence-electron chi connectivity index (χ3n) is 2.36. The Labute approximate surface area is 105 Å². The fraction of sp³-hybridized carbons (Fsp3) is 0.143. The maximum atomic E-state index is 10.6. The summed E-state index contributed by atoms with van der Waals surface area (Å²) in [7, 11) is 0. The number of hydrogen-bond donors (Lipinski definition) is 2. The zero-order chi connectivity index (χ0) is 13.5. The molecule has 1 aromatic carbocycles. The van der Waals surface area contributed by atoms with Gasteiger partial charge in [0.15, 0.2) is 0 Å². The number of rotatable bonds is 4. The van der Waals surface area contributed by atoms with Gasteiger partial charge in [0.1, 0.15) is 11.6 Å². The highest BCUT2D eigenvalue weighted by Gasteiger charge is 2.03. The lowest BCUT2D eigenvalue weighted by atomic mass is 10.0. The standard InChI is InChI=1S/C14H13NO3/c1-10-5-6-13(9-16)11(7-10)3-2-4-12(8-15)14(17)18/h2-7,16H,9H2,1H3,(H,17,18)/b3-2+,12-4+. The van der Waals surface area contributed by atoms with Crippen LogP contribution in [0.1, 0.15) is 16.7 Å². The highest BCUT2D eigenvalue weighted by Crippen LogP contribution is 2.13. The van der Waals surface area contributed by atoms with Gasteiger partial charge in [-0.2, -0.15) is 5.26 Å². The molecule has 0 aliphatic carbocycles. The van der Waals surface area contributed by atoms with Crippen molar-refractivity contribution >= 4 is 12.0 Å². The van der Waals surface area contributed by atoms with Crippen molar-refractivity contribution in [3.8, 4) is 6.07 Å². The smallest absolute Gasteiger partial charge is 0.346 e. The van der Waals surface area contributed by atoms with E-state index in [0.717, 1.165) is 16.7 Å². The first-order valence-corrected chi connectivity index (χ1v) is 5.30. The zero-order valence-electron chi connectivity index (χ0n) is 9.92. The van der Waals surface area contributed by atoms with Crippen LogP contribution in [-0.2, 0) is 11.4 Å². The Hall–Kier alpha value is -2.38. The van der Waals surface area contributed by atoms with Crippen LogP contribution in [0.5, 0.6) is 0 Å². The van der Waals surface area contributed by atoms with Crippen molar-refractivity contribution in [3.05, 3.63) is 52.6 Å². The fourth-order valence-corrected chi connectivity index (χ4v) is 1.42. The van der Waals surface area contributed by atoms with E-state index in [-0.39, 0.29) is 12.2 Å². The Morgan fingerprint density at radius 2 is 2.22 bits per heavy atom. The molecule has 0 aromatic heterocycles. The van der Waals surface area contributed by atoms with Crippen LogP contribution in [0.25, 0.3) is 6.08 Å². The molecule has 0 saturated carbocycles. The third kappa shape index (κ3) is 3.58. The highest BCUT2D eigenvalue weighted by atomic mass is 16.4. The van der Waals surface area contributed by atoms with Crippen molar-refractivity contribution in [2.45, 2.75) is 13.5 Å². The van der Waals surface area contributed by atoms with Crippen molar-refractivity contribution in [2.24, 2.45) is 0 Å².